The first-order chi connectivity index (χ1) is 13.6. The summed E-state index contributed by atoms with van der Waals surface area (Å²) in [6, 6.07) is 10.8. The summed E-state index contributed by atoms with van der Waals surface area (Å²) in [5.74, 6) is 0. The van der Waals surface area contributed by atoms with E-state index in [1.54, 1.807) is 0 Å². The predicted molar refractivity (Wildman–Crippen MR) is 126 cm³/mol. The van der Waals surface area contributed by atoms with Crippen LogP contribution in [-0.4, -0.2) is 18.6 Å². The van der Waals surface area contributed by atoms with Gasteiger partial charge in [0.05, 0.1) is 20.3 Å². The maximum absolute atomic E-state index is 2.39. The Hall–Kier alpha value is -1.08. The zero-order chi connectivity index (χ0) is 20.3. The van der Waals surface area contributed by atoms with Gasteiger partial charge in [-0.05, 0) is 18.9 Å². The van der Waals surface area contributed by atoms with E-state index in [2.05, 4.69) is 63.6 Å². The molecule has 0 fully saturated rings. The molecule has 0 saturated carbocycles. The van der Waals surface area contributed by atoms with Crippen molar-refractivity contribution in [2.45, 2.75) is 110 Å². The molecule has 0 aliphatic rings. The molecular weight excluding hydrogens is 338 g/mol. The van der Waals surface area contributed by atoms with Crippen molar-refractivity contribution in [3.63, 3.8) is 0 Å². The molecule has 0 bridgehead atoms. The Kier molecular flexibility index (Phi) is 15.0. The minimum Gasteiger partial charge on any atom is -0.299 e. The Balaban J connectivity index is 1.89. The SMILES string of the molecule is CCCCCCCCCCCCCCCC/C=C/[N+](C)(C)Cc1ccccc1. The summed E-state index contributed by atoms with van der Waals surface area (Å²) in [7, 11) is 4.57. The summed E-state index contributed by atoms with van der Waals surface area (Å²) in [4.78, 5) is 0. The van der Waals surface area contributed by atoms with Gasteiger partial charge in [0.1, 0.15) is 6.54 Å². The van der Waals surface area contributed by atoms with E-state index in [0.717, 1.165) is 11.0 Å². The maximum atomic E-state index is 2.39. The number of hydrogen-bond acceptors (Lipinski definition) is 0. The van der Waals surface area contributed by atoms with Crippen LogP contribution in [-0.2, 0) is 6.54 Å². The number of hydrogen-bond donors (Lipinski definition) is 0. The highest BCUT2D eigenvalue weighted by Gasteiger charge is 2.11. The molecule has 0 radical (unpaired) electrons. The van der Waals surface area contributed by atoms with Crippen molar-refractivity contribution in [1.29, 1.82) is 0 Å². The Morgan fingerprint density at radius 2 is 1.11 bits per heavy atom. The highest BCUT2D eigenvalue weighted by molar-refractivity contribution is 5.13. The van der Waals surface area contributed by atoms with E-state index in [1.807, 2.05) is 0 Å². The zero-order valence-electron chi connectivity index (χ0n) is 19.3. The third-order valence-electron chi connectivity index (χ3n) is 5.67. The molecule has 0 aliphatic heterocycles. The molecule has 28 heavy (non-hydrogen) atoms. The van der Waals surface area contributed by atoms with E-state index in [1.165, 1.54) is 102 Å². The monoisotopic (exact) mass is 386 g/mol. The summed E-state index contributed by atoms with van der Waals surface area (Å²) >= 11 is 0. The van der Waals surface area contributed by atoms with Crippen LogP contribution < -0.4 is 0 Å². The highest BCUT2D eigenvalue weighted by atomic mass is 15.3. The van der Waals surface area contributed by atoms with E-state index in [-0.39, 0.29) is 0 Å². The first-order valence-corrected chi connectivity index (χ1v) is 12.2. The summed E-state index contributed by atoms with van der Waals surface area (Å²) in [6.45, 7) is 3.36. The standard InChI is InChI=1S/C27H48N/c1-4-5-6-7-8-9-10-11-12-13-14-15-16-17-18-22-25-28(2,3)26-27-23-20-19-21-24-27/h19-25H,4-18,26H2,1-3H3/q+1/b25-22+. The topological polar surface area (TPSA) is 0 Å². The number of allylic oxidation sites excluding steroid dienone is 1. The molecule has 1 heteroatoms. The highest BCUT2D eigenvalue weighted by Crippen LogP contribution is 2.14. The third-order valence-corrected chi connectivity index (χ3v) is 5.67. The first kappa shape index (κ1) is 25.0. The molecule has 1 aromatic carbocycles. The number of quaternary nitrogens is 1. The van der Waals surface area contributed by atoms with Crippen molar-refractivity contribution in [2.24, 2.45) is 0 Å². The molecule has 0 spiro atoms. The van der Waals surface area contributed by atoms with E-state index >= 15 is 0 Å². The van der Waals surface area contributed by atoms with Gasteiger partial charge in [-0.15, -0.1) is 0 Å². The molecule has 0 atom stereocenters. The van der Waals surface area contributed by atoms with E-state index in [9.17, 15) is 0 Å². The van der Waals surface area contributed by atoms with E-state index < -0.39 is 0 Å². The molecule has 0 amide bonds. The average molecular weight is 387 g/mol. The lowest BCUT2D eigenvalue weighted by molar-refractivity contribution is -0.852. The van der Waals surface area contributed by atoms with Crippen molar-refractivity contribution in [3.05, 3.63) is 48.2 Å². The molecule has 0 saturated heterocycles. The number of nitrogens with zero attached hydrogens (tertiary/aromatic N) is 1. The van der Waals surface area contributed by atoms with Crippen molar-refractivity contribution in [3.8, 4) is 0 Å². The summed E-state index contributed by atoms with van der Waals surface area (Å²) < 4.78 is 0.933. The fourth-order valence-electron chi connectivity index (χ4n) is 3.92. The molecular formula is C27H48N+. The van der Waals surface area contributed by atoms with Gasteiger partial charge in [0.25, 0.3) is 0 Å². The average Bonchev–Trinajstić information content (AvgIpc) is 2.68. The second-order valence-corrected chi connectivity index (χ2v) is 9.19. The minimum atomic E-state index is 0.933. The maximum Gasteiger partial charge on any atom is 0.108 e. The van der Waals surface area contributed by atoms with Crippen LogP contribution in [0.1, 0.15) is 109 Å². The van der Waals surface area contributed by atoms with Crippen LogP contribution in [0.2, 0.25) is 0 Å². The molecule has 1 aromatic rings. The quantitative estimate of drug-likeness (QED) is 0.175. The van der Waals surface area contributed by atoms with Crippen LogP contribution in [0.15, 0.2) is 42.6 Å². The van der Waals surface area contributed by atoms with Gasteiger partial charge in [-0.3, -0.25) is 4.48 Å². The van der Waals surface area contributed by atoms with E-state index in [0.29, 0.717) is 0 Å². The van der Waals surface area contributed by atoms with Crippen LogP contribution in [0.25, 0.3) is 0 Å². The molecule has 160 valence electrons. The fourth-order valence-corrected chi connectivity index (χ4v) is 3.92. The number of benzene rings is 1. The van der Waals surface area contributed by atoms with Crippen molar-refractivity contribution in [1.82, 2.24) is 0 Å². The van der Waals surface area contributed by atoms with Crippen molar-refractivity contribution < 1.29 is 4.48 Å². The fraction of sp³-hybridized carbons (Fsp3) is 0.704. The lowest BCUT2D eigenvalue weighted by Crippen LogP contribution is -2.32. The van der Waals surface area contributed by atoms with Gasteiger partial charge in [0.15, 0.2) is 0 Å². The molecule has 0 aliphatic carbocycles. The Labute approximate surface area is 176 Å². The van der Waals surface area contributed by atoms with Gasteiger partial charge in [0.2, 0.25) is 0 Å². The Morgan fingerprint density at radius 1 is 0.643 bits per heavy atom. The molecule has 0 unspecified atom stereocenters. The second kappa shape index (κ2) is 16.8. The van der Waals surface area contributed by atoms with Gasteiger partial charge in [-0.25, -0.2) is 0 Å². The molecule has 0 N–H and O–H groups in total. The predicted octanol–water partition coefficient (Wildman–Crippen LogP) is 8.65. The molecule has 1 rings (SSSR count). The van der Waals surface area contributed by atoms with Gasteiger partial charge < -0.3 is 0 Å². The summed E-state index contributed by atoms with van der Waals surface area (Å²) in [5, 5.41) is 0. The lowest BCUT2D eigenvalue weighted by Gasteiger charge is -2.25. The number of rotatable bonds is 18. The van der Waals surface area contributed by atoms with Gasteiger partial charge in [-0.1, -0.05) is 121 Å². The van der Waals surface area contributed by atoms with Gasteiger partial charge >= 0.3 is 0 Å². The van der Waals surface area contributed by atoms with Crippen molar-refractivity contribution in [2.75, 3.05) is 14.1 Å². The summed E-state index contributed by atoms with van der Waals surface area (Å²) in [5.41, 5.74) is 1.41. The minimum absolute atomic E-state index is 0.933. The normalized spacial score (nSPS) is 12.1. The van der Waals surface area contributed by atoms with Crippen LogP contribution in [0.4, 0.5) is 0 Å². The third kappa shape index (κ3) is 14.9. The number of unbranched alkanes of at least 4 members (excludes halogenated alkanes) is 14. The van der Waals surface area contributed by atoms with Crippen LogP contribution in [0.5, 0.6) is 0 Å². The smallest absolute Gasteiger partial charge is 0.108 e. The molecule has 0 heterocycles. The van der Waals surface area contributed by atoms with Crippen LogP contribution in [0, 0.1) is 0 Å². The zero-order valence-corrected chi connectivity index (χ0v) is 19.3. The second-order valence-electron chi connectivity index (χ2n) is 9.19. The largest absolute Gasteiger partial charge is 0.299 e. The first-order valence-electron chi connectivity index (χ1n) is 12.2. The molecule has 1 nitrogen and oxygen atoms in total. The molecule has 0 aromatic heterocycles. The van der Waals surface area contributed by atoms with Crippen LogP contribution >= 0.6 is 0 Å². The van der Waals surface area contributed by atoms with Crippen LogP contribution in [0.3, 0.4) is 0 Å². The van der Waals surface area contributed by atoms with Gasteiger partial charge in [-0.2, -0.15) is 0 Å². The Morgan fingerprint density at radius 3 is 1.61 bits per heavy atom. The van der Waals surface area contributed by atoms with Crippen molar-refractivity contribution >= 4 is 0 Å². The van der Waals surface area contributed by atoms with E-state index in [4.69, 9.17) is 0 Å². The Bertz CT molecular complexity index is 474. The lowest BCUT2D eigenvalue weighted by atomic mass is 10.0. The van der Waals surface area contributed by atoms with Gasteiger partial charge in [0, 0.05) is 5.56 Å². The summed E-state index contributed by atoms with van der Waals surface area (Å²) in [6.07, 6.45) is 26.1.